The summed E-state index contributed by atoms with van der Waals surface area (Å²) in [5.41, 5.74) is 6.38. The number of rotatable bonds is 7. The Bertz CT molecular complexity index is 999. The van der Waals surface area contributed by atoms with Gasteiger partial charge < -0.3 is 9.84 Å². The minimum atomic E-state index is -0.0726. The second-order valence-corrected chi connectivity index (χ2v) is 8.28. The Kier molecular flexibility index (Phi) is 6.67. The van der Waals surface area contributed by atoms with Crippen LogP contribution in [0.5, 0.6) is 0 Å². The number of amides is 1. The first-order chi connectivity index (χ1) is 14.2. The van der Waals surface area contributed by atoms with Crippen molar-refractivity contribution in [3.05, 3.63) is 64.5 Å². The van der Waals surface area contributed by atoms with Crippen molar-refractivity contribution in [2.75, 3.05) is 18.9 Å². The highest BCUT2D eigenvalue weighted by atomic mass is 16.5. The monoisotopic (exact) mass is 406 g/mol. The zero-order valence-corrected chi connectivity index (χ0v) is 18.6. The van der Waals surface area contributed by atoms with Crippen molar-refractivity contribution < 1.29 is 9.32 Å². The zero-order chi connectivity index (χ0) is 21.8. The van der Waals surface area contributed by atoms with Crippen LogP contribution in [0.15, 0.2) is 40.9 Å². The van der Waals surface area contributed by atoms with Gasteiger partial charge in [-0.05, 0) is 50.4 Å². The fraction of sp³-hybridized carbons (Fsp3) is 0.375. The van der Waals surface area contributed by atoms with Crippen LogP contribution in [0.4, 0.5) is 5.69 Å². The molecule has 0 spiro atoms. The van der Waals surface area contributed by atoms with E-state index in [0.717, 1.165) is 22.4 Å². The van der Waals surface area contributed by atoms with Crippen LogP contribution in [0, 0.1) is 20.8 Å². The highest BCUT2D eigenvalue weighted by Crippen LogP contribution is 2.22. The molecule has 0 atom stereocenters. The first-order valence-electron chi connectivity index (χ1n) is 10.2. The predicted octanol–water partition coefficient (Wildman–Crippen LogP) is 4.86. The Hall–Kier alpha value is -2.99. The molecule has 158 valence electrons. The summed E-state index contributed by atoms with van der Waals surface area (Å²) >= 11 is 0. The number of hydrogen-bond donors (Lipinski definition) is 1. The van der Waals surface area contributed by atoms with E-state index in [9.17, 15) is 4.79 Å². The van der Waals surface area contributed by atoms with Crippen molar-refractivity contribution in [2.24, 2.45) is 0 Å². The minimum absolute atomic E-state index is 0.0726. The number of benzene rings is 2. The average Bonchev–Trinajstić information content (AvgIpc) is 3.13. The Balaban J connectivity index is 1.59. The standard InChI is InChI=1S/C24H30N4O2/c1-15(2)19-7-9-20(10-8-19)24-26-22(30-27-24)14-28(6)13-21(29)25-23-17(4)11-16(3)12-18(23)5/h7-12,15H,13-14H2,1-6H3,(H,25,29). The van der Waals surface area contributed by atoms with E-state index in [1.807, 2.05) is 37.9 Å². The van der Waals surface area contributed by atoms with Crippen molar-refractivity contribution in [3.63, 3.8) is 0 Å². The van der Waals surface area contributed by atoms with Gasteiger partial charge >= 0.3 is 0 Å². The van der Waals surface area contributed by atoms with Crippen molar-refractivity contribution in [2.45, 2.75) is 47.1 Å². The quantitative estimate of drug-likeness (QED) is 0.607. The van der Waals surface area contributed by atoms with Crippen LogP contribution < -0.4 is 5.32 Å². The van der Waals surface area contributed by atoms with Crippen LogP contribution in [0.2, 0.25) is 0 Å². The summed E-state index contributed by atoms with van der Waals surface area (Å²) in [7, 11) is 1.86. The summed E-state index contributed by atoms with van der Waals surface area (Å²) in [4.78, 5) is 18.8. The van der Waals surface area contributed by atoms with Crippen LogP contribution in [-0.2, 0) is 11.3 Å². The largest absolute Gasteiger partial charge is 0.338 e. The number of nitrogens with one attached hydrogen (secondary N) is 1. The highest BCUT2D eigenvalue weighted by molar-refractivity contribution is 5.93. The molecule has 1 amide bonds. The summed E-state index contributed by atoms with van der Waals surface area (Å²) in [5, 5.41) is 7.10. The summed E-state index contributed by atoms with van der Waals surface area (Å²) in [6.07, 6.45) is 0. The maximum Gasteiger partial charge on any atom is 0.241 e. The molecule has 0 radical (unpaired) electrons. The average molecular weight is 407 g/mol. The molecule has 0 bridgehead atoms. The van der Waals surface area contributed by atoms with Crippen molar-refractivity contribution >= 4 is 11.6 Å². The molecule has 0 unspecified atom stereocenters. The Morgan fingerprint density at radius 3 is 2.33 bits per heavy atom. The molecule has 0 saturated carbocycles. The van der Waals surface area contributed by atoms with Crippen molar-refractivity contribution in [1.82, 2.24) is 15.0 Å². The van der Waals surface area contributed by atoms with E-state index in [2.05, 4.69) is 60.5 Å². The van der Waals surface area contributed by atoms with E-state index in [1.165, 1.54) is 11.1 Å². The molecule has 0 saturated heterocycles. The van der Waals surface area contributed by atoms with Gasteiger partial charge in [-0.25, -0.2) is 0 Å². The zero-order valence-electron chi connectivity index (χ0n) is 18.6. The Morgan fingerprint density at radius 1 is 1.10 bits per heavy atom. The van der Waals surface area contributed by atoms with Gasteiger partial charge in [0.05, 0.1) is 13.1 Å². The topological polar surface area (TPSA) is 71.3 Å². The van der Waals surface area contributed by atoms with Gasteiger partial charge in [-0.1, -0.05) is 61.0 Å². The lowest BCUT2D eigenvalue weighted by molar-refractivity contribution is -0.117. The predicted molar refractivity (Wildman–Crippen MR) is 119 cm³/mol. The molecule has 0 fully saturated rings. The number of carbonyl (C=O) groups excluding carboxylic acids is 1. The molecule has 1 N–H and O–H groups in total. The van der Waals surface area contributed by atoms with Crippen molar-refractivity contribution in [3.8, 4) is 11.4 Å². The molecular formula is C24H30N4O2. The summed E-state index contributed by atoms with van der Waals surface area (Å²) in [6, 6.07) is 12.3. The second-order valence-electron chi connectivity index (χ2n) is 8.28. The number of carbonyl (C=O) groups is 1. The van der Waals surface area contributed by atoms with Crippen molar-refractivity contribution in [1.29, 1.82) is 0 Å². The molecule has 30 heavy (non-hydrogen) atoms. The number of aromatic nitrogens is 2. The molecule has 6 heteroatoms. The van der Waals surface area contributed by atoms with Gasteiger partial charge in [0, 0.05) is 11.3 Å². The highest BCUT2D eigenvalue weighted by Gasteiger charge is 2.15. The van der Waals surface area contributed by atoms with E-state index in [0.29, 0.717) is 24.2 Å². The fourth-order valence-electron chi connectivity index (χ4n) is 3.54. The molecule has 6 nitrogen and oxygen atoms in total. The second kappa shape index (κ2) is 9.22. The minimum Gasteiger partial charge on any atom is -0.338 e. The Morgan fingerprint density at radius 2 is 1.73 bits per heavy atom. The molecule has 0 aliphatic carbocycles. The number of nitrogens with zero attached hydrogens (tertiary/aromatic N) is 3. The van der Waals surface area contributed by atoms with Gasteiger partial charge in [0.15, 0.2) is 0 Å². The third kappa shape index (κ3) is 5.33. The lowest BCUT2D eigenvalue weighted by Crippen LogP contribution is -2.30. The first kappa shape index (κ1) is 21.7. The molecule has 3 aromatic rings. The number of aryl methyl sites for hydroxylation is 3. The first-order valence-corrected chi connectivity index (χ1v) is 10.2. The number of likely N-dealkylation sites (N-methyl/N-ethyl adjacent to an activating group) is 1. The van der Waals surface area contributed by atoms with Crippen LogP contribution in [0.25, 0.3) is 11.4 Å². The third-order valence-corrected chi connectivity index (χ3v) is 5.06. The smallest absolute Gasteiger partial charge is 0.241 e. The molecule has 0 aliphatic rings. The normalized spacial score (nSPS) is 11.3. The number of anilines is 1. The van der Waals surface area contributed by atoms with E-state index >= 15 is 0 Å². The van der Waals surface area contributed by atoms with Gasteiger partial charge in [0.1, 0.15) is 0 Å². The van der Waals surface area contributed by atoms with E-state index in [4.69, 9.17) is 4.52 Å². The summed E-state index contributed by atoms with van der Waals surface area (Å²) in [6.45, 7) is 11.0. The van der Waals surface area contributed by atoms with E-state index < -0.39 is 0 Å². The molecule has 1 heterocycles. The van der Waals surface area contributed by atoms with Crippen LogP contribution in [0.3, 0.4) is 0 Å². The summed E-state index contributed by atoms with van der Waals surface area (Å²) in [5.74, 6) is 1.45. The molecule has 3 rings (SSSR count). The SMILES string of the molecule is Cc1cc(C)c(NC(=O)CN(C)Cc2nc(-c3ccc(C(C)C)cc3)no2)c(C)c1. The molecule has 0 aliphatic heterocycles. The van der Waals surface area contributed by atoms with Gasteiger partial charge in [0.25, 0.3) is 0 Å². The van der Waals surface area contributed by atoms with Gasteiger partial charge in [-0.15, -0.1) is 0 Å². The molecule has 2 aromatic carbocycles. The van der Waals surface area contributed by atoms with E-state index in [-0.39, 0.29) is 12.5 Å². The third-order valence-electron chi connectivity index (χ3n) is 5.06. The lowest BCUT2D eigenvalue weighted by Gasteiger charge is -2.16. The van der Waals surface area contributed by atoms with Gasteiger partial charge in [-0.2, -0.15) is 4.98 Å². The fourth-order valence-corrected chi connectivity index (χ4v) is 3.54. The van der Waals surface area contributed by atoms with Gasteiger partial charge in [0.2, 0.25) is 17.6 Å². The summed E-state index contributed by atoms with van der Waals surface area (Å²) < 4.78 is 5.38. The lowest BCUT2D eigenvalue weighted by atomic mass is 10.0. The van der Waals surface area contributed by atoms with E-state index in [1.54, 1.807) is 0 Å². The molecule has 1 aromatic heterocycles. The molecular weight excluding hydrogens is 376 g/mol. The maximum atomic E-state index is 12.5. The Labute approximate surface area is 178 Å². The van der Waals surface area contributed by atoms with Gasteiger partial charge in [-0.3, -0.25) is 9.69 Å². The van der Waals surface area contributed by atoms with Crippen LogP contribution in [-0.4, -0.2) is 34.5 Å². The van der Waals surface area contributed by atoms with Crippen LogP contribution >= 0.6 is 0 Å². The van der Waals surface area contributed by atoms with Crippen LogP contribution in [0.1, 0.15) is 47.9 Å². The number of hydrogen-bond acceptors (Lipinski definition) is 5. The maximum absolute atomic E-state index is 12.5.